The summed E-state index contributed by atoms with van der Waals surface area (Å²) in [5.74, 6) is 0.621. The molecule has 3 heterocycles. The Morgan fingerprint density at radius 1 is 1.11 bits per heavy atom. The highest BCUT2D eigenvalue weighted by atomic mass is 35.5. The third-order valence-electron chi connectivity index (χ3n) is 5.12. The van der Waals surface area contributed by atoms with Crippen LogP contribution in [0.1, 0.15) is 17.7 Å². The van der Waals surface area contributed by atoms with Gasteiger partial charge in [0.1, 0.15) is 12.0 Å². The number of hydrogen-bond donors (Lipinski definition) is 1. The second kappa shape index (κ2) is 6.94. The predicted molar refractivity (Wildman–Crippen MR) is 108 cm³/mol. The molecule has 140 valence electrons. The average molecular weight is 384 g/mol. The lowest BCUT2D eigenvalue weighted by Crippen LogP contribution is -3.05. The van der Waals surface area contributed by atoms with Crippen molar-refractivity contribution in [3.05, 3.63) is 46.9 Å². The van der Waals surface area contributed by atoms with Crippen LogP contribution in [-0.2, 0) is 6.54 Å². The first kappa shape index (κ1) is 17.9. The van der Waals surface area contributed by atoms with E-state index < -0.39 is 0 Å². The summed E-state index contributed by atoms with van der Waals surface area (Å²) in [6.07, 6.45) is 2.86. The van der Waals surface area contributed by atoms with Crippen molar-refractivity contribution in [2.75, 3.05) is 20.6 Å². The number of fused-ring (bicyclic) bond motifs is 3. The minimum absolute atomic E-state index is 0.621. The smallest absolute Gasteiger partial charge is 0.183 e. The number of hydrogen-bond acceptors (Lipinski definition) is 3. The summed E-state index contributed by atoms with van der Waals surface area (Å²) in [4.78, 5) is 11.0. The molecular formula is C20H24ClN6+. The Labute approximate surface area is 163 Å². The lowest BCUT2D eigenvalue weighted by molar-refractivity contribution is -0.858. The summed E-state index contributed by atoms with van der Waals surface area (Å²) >= 11 is 6.34. The molecule has 0 fully saturated rings. The molecule has 0 unspecified atom stereocenters. The molecule has 0 radical (unpaired) electrons. The standard InChI is InChI=1S/C20H23ClN6/c1-13-14(2)26(11-7-10-25(3)4)19-17(13)20-23-18(24-27(20)12-22-19)15-8-5-6-9-16(15)21/h5-6,8-9,12H,7,10-11H2,1-4H3/p+1. The lowest BCUT2D eigenvalue weighted by atomic mass is 10.2. The van der Waals surface area contributed by atoms with Gasteiger partial charge in [-0.15, -0.1) is 5.10 Å². The maximum absolute atomic E-state index is 6.34. The molecule has 1 aromatic carbocycles. The zero-order chi connectivity index (χ0) is 19.1. The fourth-order valence-electron chi connectivity index (χ4n) is 3.55. The van der Waals surface area contributed by atoms with Gasteiger partial charge in [0, 0.05) is 24.2 Å². The Hall–Kier alpha value is -2.44. The van der Waals surface area contributed by atoms with Crippen LogP contribution in [0.25, 0.3) is 28.1 Å². The van der Waals surface area contributed by atoms with Crippen molar-refractivity contribution in [2.45, 2.75) is 26.8 Å². The van der Waals surface area contributed by atoms with Crippen molar-refractivity contribution in [3.63, 3.8) is 0 Å². The number of benzene rings is 1. The molecule has 0 spiro atoms. The van der Waals surface area contributed by atoms with Gasteiger partial charge in [0.05, 0.1) is 31.0 Å². The lowest BCUT2D eigenvalue weighted by Gasteiger charge is -2.10. The van der Waals surface area contributed by atoms with Gasteiger partial charge in [-0.05, 0) is 31.5 Å². The molecule has 1 N–H and O–H groups in total. The minimum Gasteiger partial charge on any atom is -0.340 e. The molecule has 3 aromatic heterocycles. The van der Waals surface area contributed by atoms with Crippen LogP contribution in [0, 0.1) is 13.8 Å². The van der Waals surface area contributed by atoms with Gasteiger partial charge in [-0.2, -0.15) is 0 Å². The van der Waals surface area contributed by atoms with E-state index in [0.717, 1.165) is 41.8 Å². The first-order valence-corrected chi connectivity index (χ1v) is 9.60. The number of quaternary nitrogens is 1. The highest BCUT2D eigenvalue weighted by Gasteiger charge is 2.19. The normalized spacial score (nSPS) is 11.9. The monoisotopic (exact) mass is 383 g/mol. The van der Waals surface area contributed by atoms with E-state index >= 15 is 0 Å². The molecule has 7 heteroatoms. The Morgan fingerprint density at radius 3 is 2.63 bits per heavy atom. The van der Waals surface area contributed by atoms with Gasteiger partial charge in [0.2, 0.25) is 0 Å². The van der Waals surface area contributed by atoms with Crippen LogP contribution in [-0.4, -0.2) is 44.8 Å². The Kier molecular flexibility index (Phi) is 4.61. The summed E-state index contributed by atoms with van der Waals surface area (Å²) in [5.41, 5.74) is 5.08. The van der Waals surface area contributed by atoms with Crippen molar-refractivity contribution in [1.82, 2.24) is 24.1 Å². The zero-order valence-corrected chi connectivity index (χ0v) is 16.9. The third kappa shape index (κ3) is 3.09. The molecule has 27 heavy (non-hydrogen) atoms. The van der Waals surface area contributed by atoms with E-state index in [1.807, 2.05) is 24.3 Å². The minimum atomic E-state index is 0.621. The predicted octanol–water partition coefficient (Wildman–Crippen LogP) is 2.55. The van der Waals surface area contributed by atoms with Crippen molar-refractivity contribution in [2.24, 2.45) is 0 Å². The number of nitrogens with one attached hydrogen (secondary N) is 1. The van der Waals surface area contributed by atoms with Crippen LogP contribution in [0.4, 0.5) is 0 Å². The van der Waals surface area contributed by atoms with Crippen LogP contribution < -0.4 is 4.90 Å². The van der Waals surface area contributed by atoms with Crippen LogP contribution in [0.2, 0.25) is 5.02 Å². The van der Waals surface area contributed by atoms with E-state index in [2.05, 4.69) is 37.6 Å². The van der Waals surface area contributed by atoms with Gasteiger partial charge in [-0.1, -0.05) is 23.7 Å². The highest BCUT2D eigenvalue weighted by Crippen LogP contribution is 2.30. The van der Waals surface area contributed by atoms with Crippen molar-refractivity contribution < 1.29 is 4.90 Å². The van der Waals surface area contributed by atoms with E-state index in [0.29, 0.717) is 10.8 Å². The fourth-order valence-corrected chi connectivity index (χ4v) is 3.77. The second-order valence-electron chi connectivity index (χ2n) is 7.30. The van der Waals surface area contributed by atoms with E-state index in [1.165, 1.54) is 16.2 Å². The molecule has 0 aliphatic rings. The van der Waals surface area contributed by atoms with Gasteiger partial charge in [0.25, 0.3) is 0 Å². The van der Waals surface area contributed by atoms with E-state index in [-0.39, 0.29) is 0 Å². The number of aryl methyl sites for hydroxylation is 2. The number of halogens is 1. The van der Waals surface area contributed by atoms with Gasteiger partial charge in [-0.25, -0.2) is 14.5 Å². The maximum Gasteiger partial charge on any atom is 0.183 e. The molecule has 6 nitrogen and oxygen atoms in total. The topological polar surface area (TPSA) is 52.5 Å². The summed E-state index contributed by atoms with van der Waals surface area (Å²) in [5, 5.41) is 6.32. The van der Waals surface area contributed by atoms with E-state index in [4.69, 9.17) is 21.6 Å². The molecule has 0 aliphatic carbocycles. The summed E-state index contributed by atoms with van der Waals surface area (Å²) < 4.78 is 4.05. The van der Waals surface area contributed by atoms with E-state index in [9.17, 15) is 0 Å². The quantitative estimate of drug-likeness (QED) is 0.576. The molecule has 0 bridgehead atoms. The molecule has 0 saturated heterocycles. The van der Waals surface area contributed by atoms with Crippen molar-refractivity contribution in [1.29, 1.82) is 0 Å². The Bertz CT molecular complexity index is 1120. The van der Waals surface area contributed by atoms with Crippen molar-refractivity contribution in [3.8, 4) is 11.4 Å². The highest BCUT2D eigenvalue weighted by molar-refractivity contribution is 6.33. The summed E-state index contributed by atoms with van der Waals surface area (Å²) in [7, 11) is 4.36. The molecule has 4 aromatic rings. The average Bonchev–Trinajstić information content (AvgIpc) is 3.16. The SMILES string of the molecule is Cc1c(C)n(CCC[NH+](C)C)c2ncn3nc(-c4ccccc4Cl)nc3c12. The zero-order valence-electron chi connectivity index (χ0n) is 16.1. The largest absolute Gasteiger partial charge is 0.340 e. The Morgan fingerprint density at radius 2 is 1.89 bits per heavy atom. The number of nitrogens with zero attached hydrogens (tertiary/aromatic N) is 5. The number of aromatic nitrogens is 5. The van der Waals surface area contributed by atoms with Crippen LogP contribution in [0.15, 0.2) is 30.6 Å². The molecule has 0 atom stereocenters. The fraction of sp³-hybridized carbons (Fsp3) is 0.350. The second-order valence-corrected chi connectivity index (χ2v) is 7.71. The van der Waals surface area contributed by atoms with Crippen LogP contribution in [0.3, 0.4) is 0 Å². The van der Waals surface area contributed by atoms with Crippen molar-refractivity contribution >= 4 is 28.3 Å². The molecule has 0 aliphatic heterocycles. The molecular weight excluding hydrogens is 360 g/mol. The molecule has 0 amide bonds. The van der Waals surface area contributed by atoms with Gasteiger partial charge in [0.15, 0.2) is 11.5 Å². The first-order valence-electron chi connectivity index (χ1n) is 9.22. The molecule has 0 saturated carbocycles. The third-order valence-corrected chi connectivity index (χ3v) is 5.45. The van der Waals surface area contributed by atoms with E-state index in [1.54, 1.807) is 10.8 Å². The first-order chi connectivity index (χ1) is 13.0. The summed E-state index contributed by atoms with van der Waals surface area (Å²) in [6.45, 7) is 6.37. The van der Waals surface area contributed by atoms with Crippen LogP contribution in [0.5, 0.6) is 0 Å². The Balaban J connectivity index is 1.85. The molecule has 4 rings (SSSR count). The summed E-state index contributed by atoms with van der Waals surface area (Å²) in [6, 6.07) is 7.65. The number of rotatable bonds is 5. The van der Waals surface area contributed by atoms with Gasteiger partial charge < -0.3 is 9.47 Å². The maximum atomic E-state index is 6.34. The van der Waals surface area contributed by atoms with Crippen LogP contribution >= 0.6 is 11.6 Å². The van der Waals surface area contributed by atoms with Gasteiger partial charge >= 0.3 is 0 Å². The van der Waals surface area contributed by atoms with Gasteiger partial charge in [-0.3, -0.25) is 0 Å².